The molecule has 0 aromatic carbocycles. The van der Waals surface area contributed by atoms with Crippen molar-refractivity contribution < 1.29 is 9.47 Å². The Bertz CT molecular complexity index is 600. The van der Waals surface area contributed by atoms with Crippen molar-refractivity contribution in [2.24, 2.45) is 0 Å². The average Bonchev–Trinajstić information content (AvgIpc) is 3.09. The van der Waals surface area contributed by atoms with E-state index in [1.807, 2.05) is 30.9 Å². The Morgan fingerprint density at radius 2 is 2.36 bits per heavy atom. The molecule has 0 unspecified atom stereocenters. The van der Waals surface area contributed by atoms with Gasteiger partial charge in [-0.2, -0.15) is 5.10 Å². The van der Waals surface area contributed by atoms with E-state index in [1.54, 1.807) is 0 Å². The second kappa shape index (κ2) is 7.17. The van der Waals surface area contributed by atoms with Crippen LogP contribution in [0.1, 0.15) is 17.5 Å². The van der Waals surface area contributed by atoms with E-state index in [1.165, 1.54) is 16.9 Å². The van der Waals surface area contributed by atoms with E-state index in [0.29, 0.717) is 11.8 Å². The van der Waals surface area contributed by atoms with Crippen LogP contribution in [0.5, 0.6) is 5.19 Å². The van der Waals surface area contributed by atoms with Crippen LogP contribution in [0.2, 0.25) is 0 Å². The lowest BCUT2D eigenvalue weighted by atomic mass is 10.2. The van der Waals surface area contributed by atoms with Crippen LogP contribution in [-0.4, -0.2) is 57.3 Å². The van der Waals surface area contributed by atoms with Crippen LogP contribution in [0.4, 0.5) is 0 Å². The third-order valence-corrected chi connectivity index (χ3v) is 4.27. The van der Waals surface area contributed by atoms with Gasteiger partial charge >= 0.3 is 0 Å². The van der Waals surface area contributed by atoms with Crippen LogP contribution < -0.4 is 4.74 Å². The van der Waals surface area contributed by atoms with E-state index < -0.39 is 0 Å². The Labute approximate surface area is 133 Å². The summed E-state index contributed by atoms with van der Waals surface area (Å²) in [5.41, 5.74) is 1.17. The van der Waals surface area contributed by atoms with Gasteiger partial charge in [-0.3, -0.25) is 9.58 Å². The summed E-state index contributed by atoms with van der Waals surface area (Å²) in [5, 5.41) is 14.2. The zero-order valence-electron chi connectivity index (χ0n) is 12.9. The van der Waals surface area contributed by atoms with Crippen LogP contribution in [-0.2, 0) is 17.8 Å². The number of rotatable bonds is 6. The van der Waals surface area contributed by atoms with Gasteiger partial charge in [-0.15, -0.1) is 10.2 Å². The van der Waals surface area contributed by atoms with Crippen LogP contribution >= 0.6 is 11.3 Å². The molecule has 3 rings (SSSR count). The number of ether oxygens (including phenoxy) is 2. The summed E-state index contributed by atoms with van der Waals surface area (Å²) < 4.78 is 13.2. The second-order valence-electron chi connectivity index (χ2n) is 5.36. The maximum atomic E-state index is 5.84. The molecule has 7 nitrogen and oxygen atoms in total. The van der Waals surface area contributed by atoms with Crippen molar-refractivity contribution in [1.29, 1.82) is 0 Å². The molecule has 0 spiro atoms. The monoisotopic (exact) mass is 323 g/mol. The van der Waals surface area contributed by atoms with E-state index in [0.717, 1.165) is 37.8 Å². The van der Waals surface area contributed by atoms with Gasteiger partial charge in [-0.1, -0.05) is 11.3 Å². The molecule has 22 heavy (non-hydrogen) atoms. The molecular formula is C14H21N5O2S. The largest absolute Gasteiger partial charge is 0.469 e. The van der Waals surface area contributed by atoms with Crippen molar-refractivity contribution in [3.05, 3.63) is 23.0 Å². The molecule has 0 aliphatic carbocycles. The highest BCUT2D eigenvalue weighted by Gasteiger charge is 2.22. The van der Waals surface area contributed by atoms with Crippen molar-refractivity contribution in [2.45, 2.75) is 33.0 Å². The third-order valence-electron chi connectivity index (χ3n) is 3.45. The zero-order chi connectivity index (χ0) is 15.4. The van der Waals surface area contributed by atoms with Gasteiger partial charge in [-0.25, -0.2) is 0 Å². The Kier molecular flexibility index (Phi) is 5.01. The highest BCUT2D eigenvalue weighted by Crippen LogP contribution is 2.20. The van der Waals surface area contributed by atoms with Gasteiger partial charge in [0.2, 0.25) is 0 Å². The van der Waals surface area contributed by atoms with Crippen molar-refractivity contribution in [3.8, 4) is 5.19 Å². The van der Waals surface area contributed by atoms with Crippen LogP contribution in [0.15, 0.2) is 12.4 Å². The summed E-state index contributed by atoms with van der Waals surface area (Å²) in [5.74, 6) is 0. The first-order chi connectivity index (χ1) is 10.7. The Morgan fingerprint density at radius 3 is 3.14 bits per heavy atom. The number of aryl methyl sites for hydroxylation is 1. The fraction of sp³-hybridized carbons (Fsp3) is 0.643. The third kappa shape index (κ3) is 4.02. The van der Waals surface area contributed by atoms with E-state index in [-0.39, 0.29) is 6.10 Å². The topological polar surface area (TPSA) is 65.3 Å². The maximum Gasteiger partial charge on any atom is 0.294 e. The summed E-state index contributed by atoms with van der Waals surface area (Å²) >= 11 is 1.52. The minimum absolute atomic E-state index is 0.160. The SMILES string of the molecule is CCOc1nnc(CN2CCO[C@@H](Cn3cc(C)cn3)C2)s1. The first-order valence-electron chi connectivity index (χ1n) is 7.51. The summed E-state index contributed by atoms with van der Waals surface area (Å²) in [6.45, 7) is 8.72. The van der Waals surface area contributed by atoms with Gasteiger partial charge in [0, 0.05) is 19.3 Å². The van der Waals surface area contributed by atoms with Crippen LogP contribution in [0.3, 0.4) is 0 Å². The number of nitrogens with zero attached hydrogens (tertiary/aromatic N) is 5. The van der Waals surface area contributed by atoms with Gasteiger partial charge in [0.15, 0.2) is 0 Å². The highest BCUT2D eigenvalue weighted by atomic mass is 32.1. The minimum atomic E-state index is 0.160. The average molecular weight is 323 g/mol. The smallest absolute Gasteiger partial charge is 0.294 e. The van der Waals surface area contributed by atoms with Gasteiger partial charge in [0.25, 0.3) is 5.19 Å². The lowest BCUT2D eigenvalue weighted by Gasteiger charge is -2.32. The zero-order valence-corrected chi connectivity index (χ0v) is 13.8. The van der Waals surface area contributed by atoms with Crippen molar-refractivity contribution >= 4 is 11.3 Å². The fourth-order valence-electron chi connectivity index (χ4n) is 2.49. The number of hydrogen-bond acceptors (Lipinski definition) is 7. The maximum absolute atomic E-state index is 5.84. The fourth-order valence-corrected chi connectivity index (χ4v) is 3.27. The Balaban J connectivity index is 1.53. The Hall–Kier alpha value is -1.51. The number of morpholine rings is 1. The van der Waals surface area contributed by atoms with Gasteiger partial charge in [-0.05, 0) is 19.4 Å². The molecule has 0 amide bonds. The molecule has 0 saturated carbocycles. The molecule has 1 aliphatic rings. The van der Waals surface area contributed by atoms with Gasteiger partial charge in [0.1, 0.15) is 5.01 Å². The molecule has 120 valence electrons. The summed E-state index contributed by atoms with van der Waals surface area (Å²) in [4.78, 5) is 2.35. The molecule has 0 bridgehead atoms. The second-order valence-corrected chi connectivity index (χ2v) is 6.39. The lowest BCUT2D eigenvalue weighted by molar-refractivity contribution is -0.0402. The van der Waals surface area contributed by atoms with E-state index in [9.17, 15) is 0 Å². The molecule has 1 atom stereocenters. The molecular weight excluding hydrogens is 302 g/mol. The predicted octanol–water partition coefficient (Wildman–Crippen LogP) is 1.34. The lowest BCUT2D eigenvalue weighted by Crippen LogP contribution is -2.43. The summed E-state index contributed by atoms with van der Waals surface area (Å²) in [6, 6.07) is 0. The molecule has 2 aromatic heterocycles. The molecule has 0 N–H and O–H groups in total. The normalized spacial score (nSPS) is 19.5. The van der Waals surface area contributed by atoms with E-state index in [4.69, 9.17) is 9.47 Å². The summed E-state index contributed by atoms with van der Waals surface area (Å²) in [6.07, 6.45) is 4.07. The van der Waals surface area contributed by atoms with Crippen molar-refractivity contribution in [1.82, 2.24) is 24.9 Å². The number of hydrogen-bond donors (Lipinski definition) is 0. The molecule has 0 radical (unpaired) electrons. The molecule has 1 aliphatic heterocycles. The van der Waals surface area contributed by atoms with E-state index in [2.05, 4.69) is 20.2 Å². The molecule has 2 aromatic rings. The minimum Gasteiger partial charge on any atom is -0.469 e. The van der Waals surface area contributed by atoms with Gasteiger partial charge < -0.3 is 9.47 Å². The first-order valence-corrected chi connectivity index (χ1v) is 8.32. The molecule has 1 saturated heterocycles. The van der Waals surface area contributed by atoms with E-state index >= 15 is 0 Å². The van der Waals surface area contributed by atoms with Crippen molar-refractivity contribution in [2.75, 3.05) is 26.3 Å². The van der Waals surface area contributed by atoms with Crippen LogP contribution in [0.25, 0.3) is 0 Å². The Morgan fingerprint density at radius 1 is 1.45 bits per heavy atom. The standard InChI is InChI=1S/C14H21N5O2S/c1-3-20-14-17-16-13(22-14)10-18-4-5-21-12(8-18)9-19-7-11(2)6-15-19/h6-7,12H,3-5,8-10H2,1-2H3/t12-/m1/s1. The molecule has 1 fully saturated rings. The summed E-state index contributed by atoms with van der Waals surface area (Å²) in [7, 11) is 0. The van der Waals surface area contributed by atoms with Crippen LogP contribution in [0, 0.1) is 6.92 Å². The van der Waals surface area contributed by atoms with Gasteiger partial charge in [0.05, 0.1) is 38.6 Å². The quantitative estimate of drug-likeness (QED) is 0.799. The predicted molar refractivity (Wildman–Crippen MR) is 83.1 cm³/mol. The highest BCUT2D eigenvalue weighted by molar-refractivity contribution is 7.13. The molecule has 8 heteroatoms. The van der Waals surface area contributed by atoms with Crippen molar-refractivity contribution in [3.63, 3.8) is 0 Å². The number of aromatic nitrogens is 4. The molecule has 3 heterocycles. The first kappa shape index (κ1) is 15.4.